The molecule has 0 bridgehead atoms. The maximum atomic E-state index is 5.56. The number of nitrogens with zero attached hydrogens (tertiary/aromatic N) is 2. The molecule has 0 fully saturated rings. The normalized spacial score (nSPS) is 10.2. The molecule has 88 valence electrons. The number of nitrogens with two attached hydrogens (primary N) is 1. The Labute approximate surface area is 100 Å². The molecule has 0 unspecified atom stereocenters. The Hall–Kier alpha value is -2.10. The van der Waals surface area contributed by atoms with E-state index in [2.05, 4.69) is 29.3 Å². The summed E-state index contributed by atoms with van der Waals surface area (Å²) in [7, 11) is 0. The zero-order valence-corrected chi connectivity index (χ0v) is 9.76. The Kier molecular flexibility index (Phi) is 3.55. The van der Waals surface area contributed by atoms with Crippen LogP contribution in [0.3, 0.4) is 0 Å². The summed E-state index contributed by atoms with van der Waals surface area (Å²) in [5.74, 6) is 0.886. The summed E-state index contributed by atoms with van der Waals surface area (Å²) in [6, 6.07) is 11.6. The molecular formula is C13H15N3O. The minimum Gasteiger partial charge on any atom is -0.472 e. The Morgan fingerprint density at radius 2 is 1.82 bits per heavy atom. The molecule has 4 heteroatoms. The summed E-state index contributed by atoms with van der Waals surface area (Å²) in [6.07, 6.45) is 0.993. The first-order valence-electron chi connectivity index (χ1n) is 5.58. The lowest BCUT2D eigenvalue weighted by Crippen LogP contribution is -2.02. The molecule has 1 heterocycles. The van der Waals surface area contributed by atoms with Gasteiger partial charge in [0, 0.05) is 6.07 Å². The Morgan fingerprint density at radius 3 is 2.47 bits per heavy atom. The predicted molar refractivity (Wildman–Crippen MR) is 66.6 cm³/mol. The van der Waals surface area contributed by atoms with E-state index < -0.39 is 0 Å². The second kappa shape index (κ2) is 5.30. The number of nitrogen functional groups attached to an aromatic ring is 1. The van der Waals surface area contributed by atoms with Gasteiger partial charge >= 0.3 is 0 Å². The van der Waals surface area contributed by atoms with Crippen molar-refractivity contribution in [2.24, 2.45) is 0 Å². The zero-order chi connectivity index (χ0) is 12.1. The van der Waals surface area contributed by atoms with Crippen LogP contribution in [0.2, 0.25) is 0 Å². The molecule has 0 amide bonds. The molecular weight excluding hydrogens is 214 g/mol. The molecule has 0 aliphatic heterocycles. The molecule has 0 saturated heterocycles. The van der Waals surface area contributed by atoms with Crippen molar-refractivity contribution in [2.75, 3.05) is 5.73 Å². The van der Waals surface area contributed by atoms with Crippen molar-refractivity contribution >= 4 is 5.82 Å². The zero-order valence-electron chi connectivity index (χ0n) is 9.76. The van der Waals surface area contributed by atoms with Gasteiger partial charge in [-0.3, -0.25) is 0 Å². The van der Waals surface area contributed by atoms with E-state index in [1.807, 2.05) is 12.1 Å². The predicted octanol–water partition coefficient (Wildman–Crippen LogP) is 2.20. The molecule has 4 nitrogen and oxygen atoms in total. The Balaban J connectivity index is 2.04. The maximum Gasteiger partial charge on any atom is 0.233 e. The lowest BCUT2D eigenvalue weighted by atomic mass is 10.1. The summed E-state index contributed by atoms with van der Waals surface area (Å²) in [5.41, 5.74) is 7.91. The number of hydrogen-bond acceptors (Lipinski definition) is 4. The van der Waals surface area contributed by atoms with Crippen molar-refractivity contribution in [3.8, 4) is 5.88 Å². The van der Waals surface area contributed by atoms with Crippen LogP contribution in [0.15, 0.2) is 36.4 Å². The highest BCUT2D eigenvalue weighted by Crippen LogP contribution is 2.13. The van der Waals surface area contributed by atoms with Crippen LogP contribution in [-0.2, 0) is 13.0 Å². The van der Waals surface area contributed by atoms with Crippen LogP contribution in [-0.4, -0.2) is 10.2 Å². The minimum atomic E-state index is 0.395. The van der Waals surface area contributed by atoms with E-state index in [-0.39, 0.29) is 0 Å². The standard InChI is InChI=1S/C13H15N3O/c1-2-10-5-3-4-6-11(10)9-17-13-8-7-12(14)15-16-13/h3-8H,2,9H2,1H3,(H2,14,15). The smallest absolute Gasteiger partial charge is 0.233 e. The average Bonchev–Trinajstić information content (AvgIpc) is 2.38. The van der Waals surface area contributed by atoms with Gasteiger partial charge in [-0.2, -0.15) is 0 Å². The summed E-state index contributed by atoms with van der Waals surface area (Å²) in [4.78, 5) is 0. The van der Waals surface area contributed by atoms with Crippen molar-refractivity contribution in [3.05, 3.63) is 47.5 Å². The third-order valence-corrected chi connectivity index (χ3v) is 2.54. The first-order chi connectivity index (χ1) is 8.29. The number of aromatic nitrogens is 2. The van der Waals surface area contributed by atoms with Crippen LogP contribution in [0, 0.1) is 0 Å². The van der Waals surface area contributed by atoms with E-state index in [1.165, 1.54) is 11.1 Å². The molecule has 17 heavy (non-hydrogen) atoms. The average molecular weight is 229 g/mol. The van der Waals surface area contributed by atoms with Gasteiger partial charge in [0.1, 0.15) is 12.4 Å². The van der Waals surface area contributed by atoms with Crippen LogP contribution in [0.25, 0.3) is 0 Å². The number of ether oxygens (including phenoxy) is 1. The fourth-order valence-electron chi connectivity index (χ4n) is 1.60. The van der Waals surface area contributed by atoms with E-state index in [0.717, 1.165) is 6.42 Å². The second-order valence-corrected chi connectivity index (χ2v) is 3.71. The number of hydrogen-bond donors (Lipinski definition) is 1. The highest BCUT2D eigenvalue weighted by molar-refractivity contribution is 5.29. The molecule has 0 aliphatic rings. The van der Waals surface area contributed by atoms with E-state index in [4.69, 9.17) is 10.5 Å². The molecule has 0 saturated carbocycles. The summed E-state index contributed by atoms with van der Waals surface area (Å²) in [5, 5.41) is 7.59. The lowest BCUT2D eigenvalue weighted by Gasteiger charge is -2.08. The Morgan fingerprint density at radius 1 is 1.06 bits per heavy atom. The van der Waals surface area contributed by atoms with Crippen LogP contribution in [0.4, 0.5) is 5.82 Å². The number of aryl methyl sites for hydroxylation is 1. The fourth-order valence-corrected chi connectivity index (χ4v) is 1.60. The second-order valence-electron chi connectivity index (χ2n) is 3.71. The number of anilines is 1. The van der Waals surface area contributed by atoms with Gasteiger partial charge in [0.2, 0.25) is 5.88 Å². The van der Waals surface area contributed by atoms with Crippen LogP contribution in [0.1, 0.15) is 18.1 Å². The molecule has 0 atom stereocenters. The van der Waals surface area contributed by atoms with Gasteiger partial charge in [0.15, 0.2) is 0 Å². The van der Waals surface area contributed by atoms with Crippen molar-refractivity contribution < 1.29 is 4.74 Å². The van der Waals surface area contributed by atoms with Crippen LogP contribution in [0.5, 0.6) is 5.88 Å². The highest BCUT2D eigenvalue weighted by atomic mass is 16.5. The van der Waals surface area contributed by atoms with Gasteiger partial charge in [-0.05, 0) is 23.6 Å². The topological polar surface area (TPSA) is 61.0 Å². The van der Waals surface area contributed by atoms with Crippen LogP contribution >= 0.6 is 0 Å². The van der Waals surface area contributed by atoms with E-state index in [0.29, 0.717) is 18.3 Å². The van der Waals surface area contributed by atoms with Gasteiger partial charge in [0.25, 0.3) is 0 Å². The van der Waals surface area contributed by atoms with Crippen LogP contribution < -0.4 is 10.5 Å². The molecule has 2 rings (SSSR count). The fraction of sp³-hybridized carbons (Fsp3) is 0.231. The van der Waals surface area contributed by atoms with Gasteiger partial charge in [-0.25, -0.2) is 0 Å². The van der Waals surface area contributed by atoms with E-state index in [9.17, 15) is 0 Å². The minimum absolute atomic E-state index is 0.395. The monoisotopic (exact) mass is 229 g/mol. The molecule has 0 spiro atoms. The third kappa shape index (κ3) is 2.93. The molecule has 0 radical (unpaired) electrons. The molecule has 2 aromatic rings. The Bertz CT molecular complexity index is 482. The van der Waals surface area contributed by atoms with Crippen molar-refractivity contribution in [1.82, 2.24) is 10.2 Å². The summed E-state index contributed by atoms with van der Waals surface area (Å²) < 4.78 is 5.56. The molecule has 1 aromatic heterocycles. The summed E-state index contributed by atoms with van der Waals surface area (Å²) in [6.45, 7) is 2.63. The molecule has 1 aromatic carbocycles. The molecule has 0 aliphatic carbocycles. The van der Waals surface area contributed by atoms with Crippen molar-refractivity contribution in [1.29, 1.82) is 0 Å². The number of benzene rings is 1. The maximum absolute atomic E-state index is 5.56. The van der Waals surface area contributed by atoms with E-state index in [1.54, 1.807) is 12.1 Å². The first-order valence-corrected chi connectivity index (χ1v) is 5.58. The van der Waals surface area contributed by atoms with Gasteiger partial charge < -0.3 is 10.5 Å². The van der Waals surface area contributed by atoms with Crippen molar-refractivity contribution in [2.45, 2.75) is 20.0 Å². The van der Waals surface area contributed by atoms with Gasteiger partial charge in [0.05, 0.1) is 0 Å². The van der Waals surface area contributed by atoms with E-state index >= 15 is 0 Å². The van der Waals surface area contributed by atoms with Gasteiger partial charge in [-0.15, -0.1) is 10.2 Å². The first kappa shape index (κ1) is 11.4. The SMILES string of the molecule is CCc1ccccc1COc1ccc(N)nn1. The number of rotatable bonds is 4. The third-order valence-electron chi connectivity index (χ3n) is 2.54. The summed E-state index contributed by atoms with van der Waals surface area (Å²) >= 11 is 0. The quantitative estimate of drug-likeness (QED) is 0.873. The largest absolute Gasteiger partial charge is 0.472 e. The molecule has 2 N–H and O–H groups in total. The lowest BCUT2D eigenvalue weighted by molar-refractivity contribution is 0.289. The van der Waals surface area contributed by atoms with Crippen molar-refractivity contribution in [3.63, 3.8) is 0 Å². The highest BCUT2D eigenvalue weighted by Gasteiger charge is 2.01. The van der Waals surface area contributed by atoms with Gasteiger partial charge in [-0.1, -0.05) is 31.2 Å².